The zero-order valence-corrected chi connectivity index (χ0v) is 78.5. The lowest BCUT2D eigenvalue weighted by Gasteiger charge is -2.36. The maximum absolute atomic E-state index is 15.5. The van der Waals surface area contributed by atoms with Crippen LogP contribution in [0.4, 0.5) is 69.2 Å². The van der Waals surface area contributed by atoms with E-state index in [9.17, 15) is 66.5 Å². The maximum Gasteiger partial charge on any atom is 0.276 e. The third-order valence-corrected chi connectivity index (χ3v) is 25.5. The van der Waals surface area contributed by atoms with Gasteiger partial charge in [0.2, 0.25) is 17.7 Å². The molecule has 42 heteroatoms. The van der Waals surface area contributed by atoms with Crippen molar-refractivity contribution in [2.24, 2.45) is 0 Å². The quantitative estimate of drug-likeness (QED) is 0.0282. The topological polar surface area (TPSA) is 363 Å². The molecule has 12 aromatic rings. The first-order valence-corrected chi connectivity index (χ1v) is 43.9. The fourth-order valence-corrected chi connectivity index (χ4v) is 18.1. The first-order valence-electron chi connectivity index (χ1n) is 41.3. The van der Waals surface area contributed by atoms with Crippen molar-refractivity contribution in [1.29, 1.82) is 15.8 Å². The number of fused-ring (bicyclic) bond motifs is 3. The van der Waals surface area contributed by atoms with E-state index >= 15 is 13.2 Å². The Balaban J connectivity index is 0.000000171. The molecule has 135 heavy (non-hydrogen) atoms. The van der Waals surface area contributed by atoms with E-state index < -0.39 is 128 Å². The molecule has 0 aliphatic carbocycles. The molecular weight excluding hydrogens is 1910 g/mol. The van der Waals surface area contributed by atoms with Gasteiger partial charge in [-0.25, -0.2) is 50.1 Å². The molecule has 9 aromatic heterocycles. The number of nitriles is 3. The van der Waals surface area contributed by atoms with Gasteiger partial charge in [0.05, 0.1) is 122 Å². The molecule has 0 saturated carbocycles. The second-order valence-corrected chi connectivity index (χ2v) is 35.0. The summed E-state index contributed by atoms with van der Waals surface area (Å²) in [6.45, 7) is 30.3. The third-order valence-electron chi connectivity index (χ3n) is 23.2. The zero-order valence-electron chi connectivity index (χ0n) is 73.2. The van der Waals surface area contributed by atoms with Crippen LogP contribution in [-0.4, -0.2) is 155 Å². The van der Waals surface area contributed by atoms with Crippen LogP contribution in [0.3, 0.4) is 0 Å². The van der Waals surface area contributed by atoms with E-state index in [0.29, 0.717) is 69.3 Å². The van der Waals surface area contributed by atoms with Gasteiger partial charge in [-0.1, -0.05) is 142 Å². The van der Waals surface area contributed by atoms with Gasteiger partial charge in [0, 0.05) is 113 Å². The number of amides is 3. The Hall–Kier alpha value is -13.4. The summed E-state index contributed by atoms with van der Waals surface area (Å²) < 4.78 is 123. The number of carbonyl (C=O) groups excluding carboxylic acids is 3. The second-order valence-electron chi connectivity index (χ2n) is 32.2. The number of halogens is 15. The van der Waals surface area contributed by atoms with Crippen LogP contribution in [0.1, 0.15) is 110 Å². The van der Waals surface area contributed by atoms with Crippen LogP contribution in [0.25, 0.3) is 83.9 Å². The molecule has 3 aliphatic heterocycles. The standard InChI is InChI=1S/C31H26Cl3F2N7O2.2C31H26Cl2F3N7O2/c1-5-19(44)41-8-10-42(11-9-41)29-16-12-18(32)27(20-21(33)25(38)24(36)22(34)23(20)35)40-30(16)43(31(45)17(29)13-37)28-15(4)6-7-39-26(28)14(2)3;2*1-5-19(44)41-8-10-42(11-9-41)29-16-12-18(32)27(20-22(34)23(35)21(33)24(36)25(20)38)40-30(16)43(31(45)17(29)13-37)28-15(4)6-7-39-26(28)14(2)3/h3*5-7,12,14H,1,8-11,38H2,2-4H3. The summed E-state index contributed by atoms with van der Waals surface area (Å²) >= 11 is 43.5. The second kappa shape index (κ2) is 39.6. The summed E-state index contributed by atoms with van der Waals surface area (Å²) in [5.74, 6) is -13.1. The number of nitrogens with zero attached hydrogens (tertiary/aromatic N) is 18. The lowest BCUT2D eigenvalue weighted by atomic mass is 10.0. The van der Waals surface area contributed by atoms with Crippen LogP contribution in [-0.2, 0) is 14.4 Å². The van der Waals surface area contributed by atoms with Crippen molar-refractivity contribution in [2.45, 2.75) is 80.1 Å². The van der Waals surface area contributed by atoms with Crippen molar-refractivity contribution < 1.29 is 49.5 Å². The van der Waals surface area contributed by atoms with E-state index in [1.807, 2.05) is 53.7 Å². The Kier molecular flexibility index (Phi) is 29.1. The number of hydrogen-bond donors (Lipinski definition) is 3. The summed E-state index contributed by atoms with van der Waals surface area (Å²) in [5, 5.41) is 27.5. The number of rotatable bonds is 15. The number of nitrogen functional groups attached to an aromatic ring is 3. The first-order chi connectivity index (χ1) is 64.0. The molecule has 0 radical (unpaired) electrons. The van der Waals surface area contributed by atoms with Crippen molar-refractivity contribution in [3.63, 3.8) is 0 Å². The summed E-state index contributed by atoms with van der Waals surface area (Å²) in [4.78, 5) is 117. The van der Waals surface area contributed by atoms with Crippen molar-refractivity contribution in [3.8, 4) is 69.0 Å². The van der Waals surface area contributed by atoms with E-state index in [1.165, 1.54) is 50.1 Å². The number of benzene rings is 3. The van der Waals surface area contributed by atoms with Crippen LogP contribution in [0.2, 0.25) is 35.2 Å². The average Bonchev–Trinajstić information content (AvgIpc) is 0.728. The summed E-state index contributed by atoms with van der Waals surface area (Å²) in [7, 11) is 0. The molecule has 0 unspecified atom stereocenters. The largest absolute Gasteiger partial charge is 0.396 e. The SMILES string of the molecule is C=CC(=O)N1CCN(c2c(C#N)c(=O)n(-c3c(C)ccnc3C(C)C)c3nc(-c4c(F)c(Cl)c(F)c(N)c4Cl)c(Cl)cc23)CC1.C=CC(=O)N1CCN(c2c(C#N)c(=O)n(-c3c(C)ccnc3C(C)C)c3nc(-c4c(N)c(F)c(Cl)c(F)c4F)c(Cl)cc23)CC1.C=CC(=O)N1CCN(c2c(C#N)c(=O)n(-c3c(C)ccnc3C(C)C)c3nc(-c4c(N)c(F)c(Cl)c(F)c4F)c(Cl)cc23)CC1. The number of nitrogens with two attached hydrogens (primary N) is 3. The number of carbonyl (C=O) groups is 3. The minimum absolute atomic E-state index is 0.00508. The monoisotopic (exact) mass is 1980 g/mol. The molecule has 3 amide bonds. The van der Waals surface area contributed by atoms with Gasteiger partial charge in [-0.3, -0.25) is 57.4 Å². The highest BCUT2D eigenvalue weighted by molar-refractivity contribution is 6.40. The van der Waals surface area contributed by atoms with Crippen molar-refractivity contribution in [2.75, 3.05) is 110 Å². The molecule has 6 N–H and O–H groups in total. The first kappa shape index (κ1) is 99.0. The molecule has 0 bridgehead atoms. The molecule has 27 nitrogen and oxygen atoms in total. The number of hydrogen-bond acceptors (Lipinski definition) is 21. The van der Waals surface area contributed by atoms with E-state index in [2.05, 4.69) is 55.7 Å². The molecule has 696 valence electrons. The predicted octanol–water partition coefficient (Wildman–Crippen LogP) is 18.2. The maximum atomic E-state index is 15.5. The average molecular weight is 1990 g/mol. The van der Waals surface area contributed by atoms with Gasteiger partial charge in [-0.05, 0) is 110 Å². The Morgan fingerprint density at radius 1 is 0.378 bits per heavy atom. The lowest BCUT2D eigenvalue weighted by Crippen LogP contribution is -2.49. The Labute approximate surface area is 800 Å². The van der Waals surface area contributed by atoms with E-state index in [-0.39, 0.29) is 183 Å². The Morgan fingerprint density at radius 2 is 0.630 bits per heavy atom. The minimum atomic E-state index is -1.69. The molecule has 15 rings (SSSR count). The van der Waals surface area contributed by atoms with Crippen LogP contribution in [0.5, 0.6) is 0 Å². The molecular formula is C93H78Cl7F8N21O6. The molecule has 3 aliphatic rings. The summed E-state index contributed by atoms with van der Waals surface area (Å²) in [6.07, 6.45) is 8.40. The number of piperazine rings is 3. The van der Waals surface area contributed by atoms with Crippen molar-refractivity contribution in [1.82, 2.24) is 58.3 Å². The van der Waals surface area contributed by atoms with Gasteiger partial charge in [-0.2, -0.15) is 15.8 Å². The van der Waals surface area contributed by atoms with Crippen molar-refractivity contribution >= 4 is 166 Å². The number of pyridine rings is 9. The van der Waals surface area contributed by atoms with Crippen molar-refractivity contribution in [3.05, 3.63) is 256 Å². The van der Waals surface area contributed by atoms with E-state index in [0.717, 1.165) is 0 Å². The van der Waals surface area contributed by atoms with Gasteiger partial charge >= 0.3 is 0 Å². The molecule has 0 atom stereocenters. The van der Waals surface area contributed by atoms with Gasteiger partial charge in [-0.15, -0.1) is 0 Å². The van der Waals surface area contributed by atoms with E-state index in [4.69, 9.17) is 98.4 Å². The predicted molar refractivity (Wildman–Crippen MR) is 507 cm³/mol. The highest BCUT2D eigenvalue weighted by Crippen LogP contribution is 2.49. The number of aryl methyl sites for hydroxylation is 3. The third kappa shape index (κ3) is 17.6. The van der Waals surface area contributed by atoms with Gasteiger partial charge in [0.25, 0.3) is 16.7 Å². The smallest absolute Gasteiger partial charge is 0.276 e. The number of anilines is 6. The number of aromatic nitrogens is 9. The van der Waals surface area contributed by atoms with Crippen LogP contribution >= 0.6 is 81.2 Å². The molecule has 3 saturated heterocycles. The lowest BCUT2D eigenvalue weighted by molar-refractivity contribution is -0.127. The summed E-state index contributed by atoms with van der Waals surface area (Å²) in [6, 6.07) is 15.3. The summed E-state index contributed by atoms with van der Waals surface area (Å²) in [5.41, 5.74) is 14.1. The highest BCUT2D eigenvalue weighted by Gasteiger charge is 2.38. The van der Waals surface area contributed by atoms with Crippen LogP contribution in [0.15, 0.2) is 107 Å². The molecule has 3 fully saturated rings. The van der Waals surface area contributed by atoms with Gasteiger partial charge < -0.3 is 46.6 Å². The fraction of sp³-hybridized carbons (Fsp3) is 0.258. The minimum Gasteiger partial charge on any atom is -0.396 e. The van der Waals surface area contributed by atoms with E-state index in [1.54, 1.807) is 87.0 Å². The zero-order chi connectivity index (χ0) is 98.7. The molecule has 0 spiro atoms. The fourth-order valence-electron chi connectivity index (χ4n) is 16.6. The van der Waals surface area contributed by atoms with Crippen LogP contribution in [0, 0.1) is 101 Å². The molecule has 3 aromatic carbocycles. The Morgan fingerprint density at radius 3 is 0.881 bits per heavy atom. The van der Waals surface area contributed by atoms with Crippen LogP contribution < -0.4 is 48.6 Å². The Bertz CT molecular complexity index is 6650. The highest BCUT2D eigenvalue weighted by atomic mass is 35.5. The molecule has 12 heterocycles. The van der Waals surface area contributed by atoms with Gasteiger partial charge in [0.1, 0.15) is 66.9 Å². The normalized spacial score (nSPS) is 13.4. The van der Waals surface area contributed by atoms with Gasteiger partial charge in [0.15, 0.2) is 46.5 Å².